The van der Waals surface area contributed by atoms with Crippen LogP contribution in [0.25, 0.3) is 0 Å². The van der Waals surface area contributed by atoms with Gasteiger partial charge in [0, 0.05) is 30.9 Å². The zero-order valence-corrected chi connectivity index (χ0v) is 18.6. The van der Waals surface area contributed by atoms with Crippen LogP contribution in [0.4, 0.5) is 5.69 Å². The van der Waals surface area contributed by atoms with Crippen molar-refractivity contribution in [2.24, 2.45) is 0 Å². The van der Waals surface area contributed by atoms with Crippen molar-refractivity contribution < 1.29 is 17.9 Å². The van der Waals surface area contributed by atoms with Crippen LogP contribution in [-0.4, -0.2) is 38.5 Å². The lowest BCUT2D eigenvalue weighted by Crippen LogP contribution is -2.37. The Kier molecular flexibility index (Phi) is 6.70. The molecule has 8 heteroatoms. The molecule has 1 aliphatic heterocycles. The minimum atomic E-state index is -3.68. The monoisotopic (exact) mass is 456 g/mol. The van der Waals surface area contributed by atoms with Gasteiger partial charge in [-0.05, 0) is 48.1 Å². The molecule has 1 aromatic heterocycles. The van der Waals surface area contributed by atoms with Crippen LogP contribution in [0.1, 0.15) is 28.8 Å². The van der Waals surface area contributed by atoms with Crippen LogP contribution >= 0.6 is 11.3 Å². The Morgan fingerprint density at radius 1 is 1.10 bits per heavy atom. The molecule has 3 aromatic rings. The van der Waals surface area contributed by atoms with Gasteiger partial charge >= 0.3 is 0 Å². The van der Waals surface area contributed by atoms with E-state index in [-0.39, 0.29) is 16.2 Å². The van der Waals surface area contributed by atoms with Gasteiger partial charge < -0.3 is 9.64 Å². The molecule has 31 heavy (non-hydrogen) atoms. The van der Waals surface area contributed by atoms with Crippen LogP contribution < -0.4 is 4.72 Å². The van der Waals surface area contributed by atoms with Crippen molar-refractivity contribution in [3.05, 3.63) is 83.2 Å². The van der Waals surface area contributed by atoms with Gasteiger partial charge in [0.25, 0.3) is 15.9 Å². The molecule has 4 rings (SSSR count). The van der Waals surface area contributed by atoms with E-state index in [1.807, 2.05) is 30.3 Å². The number of hydrogen-bond acceptors (Lipinski definition) is 5. The predicted octanol–water partition coefficient (Wildman–Crippen LogP) is 4.37. The minimum Gasteiger partial charge on any atom is -0.376 e. The Bertz CT molecular complexity index is 1110. The molecule has 1 amide bonds. The van der Waals surface area contributed by atoms with Crippen molar-refractivity contribution >= 4 is 33.0 Å². The zero-order chi connectivity index (χ0) is 21.7. The van der Waals surface area contributed by atoms with Crippen LogP contribution in [0.15, 0.2) is 76.3 Å². The van der Waals surface area contributed by atoms with Gasteiger partial charge in [-0.15, -0.1) is 11.3 Å². The lowest BCUT2D eigenvalue weighted by molar-refractivity contribution is 0.0507. The van der Waals surface area contributed by atoms with E-state index in [9.17, 15) is 13.2 Å². The number of carbonyl (C=O) groups is 1. The third-order valence-corrected chi connectivity index (χ3v) is 7.85. The molecule has 1 unspecified atom stereocenters. The van der Waals surface area contributed by atoms with Crippen molar-refractivity contribution in [2.75, 3.05) is 17.9 Å². The summed E-state index contributed by atoms with van der Waals surface area (Å²) >= 11 is 1.14. The fourth-order valence-corrected chi connectivity index (χ4v) is 5.62. The first-order valence-electron chi connectivity index (χ1n) is 10.1. The maximum absolute atomic E-state index is 13.4. The van der Waals surface area contributed by atoms with E-state index in [0.717, 1.165) is 36.3 Å². The van der Waals surface area contributed by atoms with E-state index in [1.165, 1.54) is 0 Å². The van der Waals surface area contributed by atoms with E-state index in [2.05, 4.69) is 4.72 Å². The quantitative estimate of drug-likeness (QED) is 0.546. The van der Waals surface area contributed by atoms with Gasteiger partial charge in [0.2, 0.25) is 0 Å². The molecular weight excluding hydrogens is 432 g/mol. The number of rotatable bonds is 8. The Morgan fingerprint density at radius 2 is 1.94 bits per heavy atom. The lowest BCUT2D eigenvalue weighted by Gasteiger charge is -2.26. The number of thiophene rings is 1. The molecule has 2 aromatic carbocycles. The predicted molar refractivity (Wildman–Crippen MR) is 122 cm³/mol. The third-order valence-electron chi connectivity index (χ3n) is 5.07. The number of hydrogen-bond donors (Lipinski definition) is 1. The summed E-state index contributed by atoms with van der Waals surface area (Å²) in [5.41, 5.74) is 1.82. The van der Waals surface area contributed by atoms with E-state index < -0.39 is 10.0 Å². The molecule has 1 saturated heterocycles. The van der Waals surface area contributed by atoms with Crippen LogP contribution in [0.2, 0.25) is 0 Å². The Hall–Kier alpha value is -2.68. The van der Waals surface area contributed by atoms with Crippen molar-refractivity contribution in [2.45, 2.75) is 29.7 Å². The van der Waals surface area contributed by atoms with Gasteiger partial charge in [0.1, 0.15) is 4.21 Å². The SMILES string of the molecule is O=C(c1cccc(NS(=O)(=O)c2cccs2)c1)N(Cc1ccccc1)CC1CCCO1. The van der Waals surface area contributed by atoms with Gasteiger partial charge in [-0.1, -0.05) is 42.5 Å². The van der Waals surface area contributed by atoms with Crippen molar-refractivity contribution in [3.63, 3.8) is 0 Å². The number of amides is 1. The highest BCUT2D eigenvalue weighted by Crippen LogP contribution is 2.22. The van der Waals surface area contributed by atoms with Crippen LogP contribution in [-0.2, 0) is 21.3 Å². The van der Waals surface area contributed by atoms with Crippen molar-refractivity contribution in [1.82, 2.24) is 4.90 Å². The van der Waals surface area contributed by atoms with Gasteiger partial charge in [-0.25, -0.2) is 8.42 Å². The molecule has 1 atom stereocenters. The first-order chi connectivity index (χ1) is 15.0. The van der Waals surface area contributed by atoms with Crippen molar-refractivity contribution in [1.29, 1.82) is 0 Å². The second kappa shape index (κ2) is 9.64. The molecule has 162 valence electrons. The molecule has 0 bridgehead atoms. The second-order valence-corrected chi connectivity index (χ2v) is 10.3. The molecule has 0 radical (unpaired) electrons. The van der Waals surface area contributed by atoms with Crippen LogP contribution in [0.3, 0.4) is 0 Å². The molecule has 0 spiro atoms. The summed E-state index contributed by atoms with van der Waals surface area (Å²) in [6.07, 6.45) is 1.95. The number of sulfonamides is 1. The molecular formula is C23H24N2O4S2. The minimum absolute atomic E-state index is 0.0215. The van der Waals surface area contributed by atoms with Gasteiger partial charge in [0.05, 0.1) is 6.10 Å². The zero-order valence-electron chi connectivity index (χ0n) is 16.9. The number of carbonyl (C=O) groups excluding carboxylic acids is 1. The van der Waals surface area contributed by atoms with Gasteiger partial charge in [-0.3, -0.25) is 9.52 Å². The molecule has 1 N–H and O–H groups in total. The fraction of sp³-hybridized carbons (Fsp3) is 0.261. The molecule has 1 fully saturated rings. The summed E-state index contributed by atoms with van der Waals surface area (Å²) in [6.45, 7) is 1.68. The number of ether oxygens (including phenoxy) is 1. The number of anilines is 1. The molecule has 0 saturated carbocycles. The highest BCUT2D eigenvalue weighted by atomic mass is 32.2. The summed E-state index contributed by atoms with van der Waals surface area (Å²) in [4.78, 5) is 15.2. The normalized spacial score (nSPS) is 16.2. The molecule has 0 aliphatic carbocycles. The van der Waals surface area contributed by atoms with E-state index in [0.29, 0.717) is 24.3 Å². The highest BCUT2D eigenvalue weighted by Gasteiger charge is 2.24. The molecule has 1 aliphatic rings. The van der Waals surface area contributed by atoms with Crippen LogP contribution in [0, 0.1) is 0 Å². The standard InChI is InChI=1S/C23H24N2O4S2/c26-23(25(17-21-11-5-13-29-21)16-18-7-2-1-3-8-18)19-9-4-10-20(15-19)24-31(27,28)22-12-6-14-30-22/h1-4,6-10,12,14-15,21,24H,5,11,13,16-17H2. The van der Waals surface area contributed by atoms with E-state index in [1.54, 1.807) is 46.7 Å². The van der Waals surface area contributed by atoms with Crippen molar-refractivity contribution in [3.8, 4) is 0 Å². The fourth-order valence-electron chi connectivity index (χ4n) is 3.58. The maximum Gasteiger partial charge on any atom is 0.271 e. The summed E-state index contributed by atoms with van der Waals surface area (Å²) in [5.74, 6) is -0.156. The number of nitrogens with zero attached hydrogens (tertiary/aromatic N) is 1. The van der Waals surface area contributed by atoms with Crippen LogP contribution in [0.5, 0.6) is 0 Å². The molecule has 2 heterocycles. The Morgan fingerprint density at radius 3 is 2.65 bits per heavy atom. The summed E-state index contributed by atoms with van der Waals surface area (Å²) in [7, 11) is -3.68. The third kappa shape index (κ3) is 5.52. The highest BCUT2D eigenvalue weighted by molar-refractivity contribution is 7.94. The summed E-state index contributed by atoms with van der Waals surface area (Å²) in [6, 6.07) is 19.7. The topological polar surface area (TPSA) is 75.7 Å². The average molecular weight is 457 g/mol. The van der Waals surface area contributed by atoms with Gasteiger partial charge in [-0.2, -0.15) is 0 Å². The first-order valence-corrected chi connectivity index (χ1v) is 12.5. The van der Waals surface area contributed by atoms with E-state index in [4.69, 9.17) is 4.74 Å². The summed E-state index contributed by atoms with van der Waals surface area (Å²) in [5, 5.41) is 1.71. The second-order valence-electron chi connectivity index (χ2n) is 7.42. The maximum atomic E-state index is 13.4. The number of benzene rings is 2. The smallest absolute Gasteiger partial charge is 0.271 e. The summed E-state index contributed by atoms with van der Waals surface area (Å²) < 4.78 is 33.6. The Balaban J connectivity index is 1.55. The molecule has 6 nitrogen and oxygen atoms in total. The first kappa shape index (κ1) is 21.5. The Labute approximate surface area is 186 Å². The largest absolute Gasteiger partial charge is 0.376 e. The van der Waals surface area contributed by atoms with Gasteiger partial charge in [0.15, 0.2) is 0 Å². The number of nitrogens with one attached hydrogen (secondary N) is 1. The average Bonchev–Trinajstić information content (AvgIpc) is 3.48. The lowest BCUT2D eigenvalue weighted by atomic mass is 10.1. The van der Waals surface area contributed by atoms with E-state index >= 15 is 0 Å².